The van der Waals surface area contributed by atoms with E-state index in [2.05, 4.69) is 36.1 Å². The second-order valence-corrected chi connectivity index (χ2v) is 8.83. The van der Waals surface area contributed by atoms with Crippen LogP contribution in [0.25, 0.3) is 5.69 Å². The van der Waals surface area contributed by atoms with Crippen molar-refractivity contribution in [2.45, 2.75) is 25.4 Å². The van der Waals surface area contributed by atoms with Gasteiger partial charge in [0.05, 0.1) is 29.7 Å². The Morgan fingerprint density at radius 1 is 1.06 bits per heavy atom. The number of hydrogen-bond donors (Lipinski definition) is 2. The Morgan fingerprint density at radius 2 is 1.91 bits per heavy atom. The molecule has 5 rings (SSSR count). The van der Waals surface area contributed by atoms with Gasteiger partial charge in [0.15, 0.2) is 5.11 Å². The number of thiocarbonyl (C=S) groups is 1. The Hall–Kier alpha value is -4.04. The lowest BCUT2D eigenvalue weighted by Gasteiger charge is -2.28. The van der Waals surface area contributed by atoms with Crippen LogP contribution in [0.4, 0.5) is 5.69 Å². The van der Waals surface area contributed by atoms with Crippen LogP contribution < -0.4 is 10.6 Å². The number of amides is 1. The van der Waals surface area contributed by atoms with Crippen LogP contribution in [0.5, 0.6) is 0 Å². The molecule has 0 spiro atoms. The second-order valence-electron chi connectivity index (χ2n) is 8.45. The largest absolute Gasteiger partial charge is 0.352 e. The number of anilines is 1. The van der Waals surface area contributed by atoms with E-state index in [0.717, 1.165) is 28.3 Å². The van der Waals surface area contributed by atoms with Gasteiger partial charge < -0.3 is 20.1 Å². The number of nitrogens with zero attached hydrogens (tertiary/aromatic N) is 4. The molecule has 7 nitrogen and oxygen atoms in total. The van der Waals surface area contributed by atoms with Crippen LogP contribution in [0.1, 0.15) is 35.5 Å². The number of hydrogen-bond acceptors (Lipinski definition) is 4. The zero-order valence-corrected chi connectivity index (χ0v) is 20.2. The summed E-state index contributed by atoms with van der Waals surface area (Å²) < 4.78 is 2.11. The van der Waals surface area contributed by atoms with Gasteiger partial charge in [0.1, 0.15) is 0 Å². The zero-order chi connectivity index (χ0) is 24.2. The first kappa shape index (κ1) is 22.7. The van der Waals surface area contributed by atoms with Gasteiger partial charge in [0, 0.05) is 42.9 Å². The van der Waals surface area contributed by atoms with Gasteiger partial charge in [-0.25, -0.2) is 0 Å². The van der Waals surface area contributed by atoms with E-state index in [4.69, 9.17) is 12.2 Å². The molecule has 2 atom stereocenters. The summed E-state index contributed by atoms with van der Waals surface area (Å²) >= 11 is 5.76. The highest BCUT2D eigenvalue weighted by Crippen LogP contribution is 2.39. The van der Waals surface area contributed by atoms with Crippen molar-refractivity contribution in [3.8, 4) is 5.69 Å². The number of carbonyl (C=O) groups excluding carboxylic acids is 1. The summed E-state index contributed by atoms with van der Waals surface area (Å²) in [5.41, 5.74) is 4.75. The highest BCUT2D eigenvalue weighted by Gasteiger charge is 2.41. The van der Waals surface area contributed by atoms with Crippen LogP contribution in [0, 0.1) is 6.92 Å². The lowest BCUT2D eigenvalue weighted by atomic mass is 10.0. The quantitative estimate of drug-likeness (QED) is 0.376. The maximum atomic E-state index is 12.8. The molecular weight excluding hydrogens is 456 g/mol. The predicted molar refractivity (Wildman–Crippen MR) is 140 cm³/mol. The van der Waals surface area contributed by atoms with Crippen LogP contribution >= 0.6 is 12.2 Å². The Labute approximate surface area is 209 Å². The maximum Gasteiger partial charge on any atom is 0.226 e. The number of nitrogens with one attached hydrogen (secondary N) is 2. The Balaban J connectivity index is 1.44. The normalized spacial score (nSPS) is 17.3. The number of rotatable bonds is 7. The van der Waals surface area contributed by atoms with Crippen LogP contribution in [-0.4, -0.2) is 37.0 Å². The van der Waals surface area contributed by atoms with E-state index in [1.807, 2.05) is 80.0 Å². The highest BCUT2D eigenvalue weighted by atomic mass is 32.1. The molecule has 1 aromatic carbocycles. The molecule has 3 aromatic heterocycles. The minimum atomic E-state index is -0.159. The Kier molecular flexibility index (Phi) is 6.54. The van der Waals surface area contributed by atoms with Crippen molar-refractivity contribution in [2.75, 3.05) is 11.9 Å². The molecule has 2 unspecified atom stereocenters. The average molecular weight is 483 g/mol. The Bertz CT molecular complexity index is 1320. The monoisotopic (exact) mass is 482 g/mol. The number of benzene rings is 1. The topological polar surface area (TPSA) is 75.1 Å². The summed E-state index contributed by atoms with van der Waals surface area (Å²) in [7, 11) is 0. The van der Waals surface area contributed by atoms with E-state index in [1.165, 1.54) is 0 Å². The third kappa shape index (κ3) is 4.79. The van der Waals surface area contributed by atoms with E-state index in [1.54, 1.807) is 12.4 Å². The van der Waals surface area contributed by atoms with Gasteiger partial charge in [-0.05, 0) is 67.2 Å². The minimum Gasteiger partial charge on any atom is -0.352 e. The molecule has 0 bridgehead atoms. The molecule has 1 aliphatic heterocycles. The van der Waals surface area contributed by atoms with Crippen molar-refractivity contribution in [1.29, 1.82) is 0 Å². The first-order valence-corrected chi connectivity index (χ1v) is 11.9. The van der Waals surface area contributed by atoms with Crippen molar-refractivity contribution < 1.29 is 4.79 Å². The van der Waals surface area contributed by atoms with Gasteiger partial charge in [0.25, 0.3) is 0 Å². The van der Waals surface area contributed by atoms with Gasteiger partial charge in [-0.1, -0.05) is 24.3 Å². The lowest BCUT2D eigenvalue weighted by molar-refractivity contribution is -0.116. The first-order chi connectivity index (χ1) is 17.1. The standard InChI is InChI=1S/C27H26N6OS/c1-19-8-2-3-10-21(19)30-24(34)13-17-33-26(25(31-27(33)35)22-11-4-5-15-29-22)23-12-7-16-32(23)20-9-6-14-28-18-20/h2-12,14-16,18,25-26H,13,17H2,1H3,(H,30,34)(H,31,35). The molecule has 1 saturated heterocycles. The highest BCUT2D eigenvalue weighted by molar-refractivity contribution is 7.80. The molecule has 0 saturated carbocycles. The molecule has 2 N–H and O–H groups in total. The molecule has 4 aromatic rings. The summed E-state index contributed by atoms with van der Waals surface area (Å²) in [5.74, 6) is -0.0511. The van der Waals surface area contributed by atoms with Crippen LogP contribution in [0.2, 0.25) is 0 Å². The fourth-order valence-corrected chi connectivity index (χ4v) is 4.81. The number of carbonyl (C=O) groups is 1. The van der Waals surface area contributed by atoms with Gasteiger partial charge >= 0.3 is 0 Å². The maximum absolute atomic E-state index is 12.8. The fraction of sp³-hybridized carbons (Fsp3) is 0.185. The molecule has 1 fully saturated rings. The first-order valence-electron chi connectivity index (χ1n) is 11.5. The molecule has 1 amide bonds. The van der Waals surface area contributed by atoms with E-state index in [9.17, 15) is 4.79 Å². The van der Waals surface area contributed by atoms with Crippen LogP contribution in [0.3, 0.4) is 0 Å². The molecule has 1 aliphatic rings. The minimum absolute atomic E-state index is 0.0511. The van der Waals surface area contributed by atoms with E-state index in [0.29, 0.717) is 18.1 Å². The smallest absolute Gasteiger partial charge is 0.226 e. The van der Waals surface area contributed by atoms with Crippen molar-refractivity contribution in [3.63, 3.8) is 0 Å². The molecule has 8 heteroatoms. The molecule has 4 heterocycles. The van der Waals surface area contributed by atoms with Crippen molar-refractivity contribution in [1.82, 2.24) is 24.8 Å². The Morgan fingerprint density at radius 3 is 2.69 bits per heavy atom. The third-order valence-electron chi connectivity index (χ3n) is 6.20. The van der Waals surface area contributed by atoms with Crippen LogP contribution in [-0.2, 0) is 4.79 Å². The summed E-state index contributed by atoms with van der Waals surface area (Å²) in [6.45, 7) is 2.45. The van der Waals surface area contributed by atoms with Crippen molar-refractivity contribution in [3.05, 3.63) is 108 Å². The van der Waals surface area contributed by atoms with E-state index >= 15 is 0 Å². The summed E-state index contributed by atoms with van der Waals surface area (Å²) in [5, 5.41) is 7.08. The summed E-state index contributed by atoms with van der Waals surface area (Å²) in [4.78, 5) is 23.8. The molecule has 0 aliphatic carbocycles. The number of aromatic nitrogens is 3. The molecule has 0 radical (unpaired) electrons. The zero-order valence-electron chi connectivity index (χ0n) is 19.3. The van der Waals surface area contributed by atoms with Gasteiger partial charge in [0.2, 0.25) is 5.91 Å². The molecule has 35 heavy (non-hydrogen) atoms. The summed E-state index contributed by atoms with van der Waals surface area (Å²) in [6.07, 6.45) is 7.70. The van der Waals surface area contributed by atoms with Gasteiger partial charge in [-0.15, -0.1) is 0 Å². The average Bonchev–Trinajstić information content (AvgIpc) is 3.49. The van der Waals surface area contributed by atoms with E-state index in [-0.39, 0.29) is 18.0 Å². The van der Waals surface area contributed by atoms with Crippen LogP contribution in [0.15, 0.2) is 91.5 Å². The molecule has 176 valence electrons. The van der Waals surface area contributed by atoms with Crippen molar-refractivity contribution in [2.24, 2.45) is 0 Å². The summed E-state index contributed by atoms with van der Waals surface area (Å²) in [6, 6.07) is 21.4. The number of pyridine rings is 2. The van der Waals surface area contributed by atoms with Crippen molar-refractivity contribution >= 4 is 28.9 Å². The SMILES string of the molecule is Cc1ccccc1NC(=O)CCN1C(=S)NC(c2ccccn2)C1c1cccn1-c1cccnc1. The third-order valence-corrected chi connectivity index (χ3v) is 6.56. The lowest BCUT2D eigenvalue weighted by Crippen LogP contribution is -2.33. The fourth-order valence-electron chi connectivity index (χ4n) is 4.48. The second kappa shape index (κ2) is 10.1. The predicted octanol–water partition coefficient (Wildman–Crippen LogP) is 4.58. The van der Waals surface area contributed by atoms with E-state index < -0.39 is 0 Å². The number of para-hydroxylation sites is 1. The van der Waals surface area contributed by atoms with Gasteiger partial charge in [-0.2, -0.15) is 0 Å². The molecular formula is C27H26N6OS. The number of aryl methyl sites for hydroxylation is 1. The van der Waals surface area contributed by atoms with Gasteiger partial charge in [-0.3, -0.25) is 14.8 Å².